The molecule has 4 aromatic rings. The Hall–Kier alpha value is -3.22. The third kappa shape index (κ3) is 5.33. The summed E-state index contributed by atoms with van der Waals surface area (Å²) >= 11 is 12.0. The van der Waals surface area contributed by atoms with Crippen molar-refractivity contribution in [2.75, 3.05) is 5.32 Å². The average molecular weight is 470 g/mol. The van der Waals surface area contributed by atoms with Crippen LogP contribution < -0.4 is 10.1 Å². The molecule has 4 rings (SSSR count). The van der Waals surface area contributed by atoms with Crippen molar-refractivity contribution in [1.29, 1.82) is 0 Å². The first kappa shape index (κ1) is 22.0. The van der Waals surface area contributed by atoms with E-state index < -0.39 is 0 Å². The summed E-state index contributed by atoms with van der Waals surface area (Å²) in [5.41, 5.74) is 3.86. The molecule has 2 heterocycles. The summed E-state index contributed by atoms with van der Waals surface area (Å²) in [6, 6.07) is 14.6. The van der Waals surface area contributed by atoms with Crippen LogP contribution in [-0.4, -0.2) is 15.7 Å². The highest BCUT2D eigenvalue weighted by molar-refractivity contribution is 6.42. The number of anilines is 1. The van der Waals surface area contributed by atoms with Crippen molar-refractivity contribution in [2.24, 2.45) is 0 Å². The second-order valence-corrected chi connectivity index (χ2v) is 8.24. The van der Waals surface area contributed by atoms with E-state index >= 15 is 0 Å². The van der Waals surface area contributed by atoms with Crippen LogP contribution in [0.1, 0.15) is 33.0 Å². The zero-order valence-electron chi connectivity index (χ0n) is 17.6. The van der Waals surface area contributed by atoms with Gasteiger partial charge in [-0.15, -0.1) is 0 Å². The van der Waals surface area contributed by atoms with Crippen LogP contribution in [0, 0.1) is 13.8 Å². The van der Waals surface area contributed by atoms with E-state index in [4.69, 9.17) is 32.4 Å². The number of carbonyl (C=O) groups is 1. The zero-order chi connectivity index (χ0) is 22.7. The number of ether oxygens (including phenoxy) is 1. The van der Waals surface area contributed by atoms with Crippen LogP contribution in [0.5, 0.6) is 5.75 Å². The monoisotopic (exact) mass is 469 g/mol. The average Bonchev–Trinajstić information content (AvgIpc) is 3.41. The second-order valence-electron chi connectivity index (χ2n) is 7.43. The predicted molar refractivity (Wildman–Crippen MR) is 125 cm³/mol. The molecule has 2 aromatic heterocycles. The zero-order valence-corrected chi connectivity index (χ0v) is 19.1. The molecule has 0 fully saturated rings. The standard InChI is InChI=1S/C24H21Cl2N3O3/c1-15-3-5-19(9-16(15)2)31-14-20-6-8-23(32-20)24(30)28-18-11-27-29(13-18)12-17-4-7-21(25)22(26)10-17/h3-11,13H,12,14H2,1-2H3,(H,28,30). The molecule has 1 amide bonds. The van der Waals surface area contributed by atoms with E-state index in [9.17, 15) is 4.79 Å². The van der Waals surface area contributed by atoms with Crippen molar-refractivity contribution in [1.82, 2.24) is 9.78 Å². The van der Waals surface area contributed by atoms with E-state index in [-0.39, 0.29) is 18.3 Å². The van der Waals surface area contributed by atoms with E-state index in [1.54, 1.807) is 41.3 Å². The van der Waals surface area contributed by atoms with Crippen LogP contribution in [0.15, 0.2) is 65.3 Å². The van der Waals surface area contributed by atoms with E-state index in [0.29, 0.717) is 28.0 Å². The fourth-order valence-corrected chi connectivity index (χ4v) is 3.39. The number of benzene rings is 2. The van der Waals surface area contributed by atoms with Crippen LogP contribution >= 0.6 is 23.2 Å². The number of carbonyl (C=O) groups excluding carboxylic acids is 1. The summed E-state index contributed by atoms with van der Waals surface area (Å²) < 4.78 is 13.1. The van der Waals surface area contributed by atoms with Gasteiger partial charge in [0.1, 0.15) is 18.1 Å². The number of halogens is 2. The fraction of sp³-hybridized carbons (Fsp3) is 0.167. The third-order valence-corrected chi connectivity index (χ3v) is 5.70. The highest BCUT2D eigenvalue weighted by atomic mass is 35.5. The maximum atomic E-state index is 12.5. The first-order chi connectivity index (χ1) is 15.4. The summed E-state index contributed by atoms with van der Waals surface area (Å²) in [5, 5.41) is 8.04. The Morgan fingerprint density at radius 3 is 2.69 bits per heavy atom. The highest BCUT2D eigenvalue weighted by Gasteiger charge is 2.13. The van der Waals surface area contributed by atoms with Gasteiger partial charge in [-0.05, 0) is 66.9 Å². The molecular formula is C24H21Cl2N3O3. The smallest absolute Gasteiger partial charge is 0.291 e. The van der Waals surface area contributed by atoms with Crippen molar-refractivity contribution in [3.8, 4) is 5.75 Å². The molecule has 0 saturated heterocycles. The summed E-state index contributed by atoms with van der Waals surface area (Å²) in [5.74, 6) is 1.14. The van der Waals surface area contributed by atoms with Crippen LogP contribution in [0.4, 0.5) is 5.69 Å². The topological polar surface area (TPSA) is 69.3 Å². The van der Waals surface area contributed by atoms with E-state index in [1.165, 1.54) is 5.56 Å². The Morgan fingerprint density at radius 2 is 1.91 bits per heavy atom. The fourth-order valence-electron chi connectivity index (χ4n) is 3.07. The molecule has 0 saturated carbocycles. The molecule has 0 unspecified atom stereocenters. The Kier molecular flexibility index (Phi) is 6.53. The molecule has 32 heavy (non-hydrogen) atoms. The minimum absolute atomic E-state index is 0.195. The number of nitrogens with one attached hydrogen (secondary N) is 1. The Bertz CT molecular complexity index is 1260. The van der Waals surface area contributed by atoms with Crippen molar-refractivity contribution in [3.63, 3.8) is 0 Å². The summed E-state index contributed by atoms with van der Waals surface area (Å²) in [6.07, 6.45) is 3.30. The molecule has 1 N–H and O–H groups in total. The maximum Gasteiger partial charge on any atom is 0.291 e. The van der Waals surface area contributed by atoms with Gasteiger partial charge in [-0.25, -0.2) is 0 Å². The predicted octanol–water partition coefficient (Wildman–Crippen LogP) is 6.28. The quantitative estimate of drug-likeness (QED) is 0.345. The number of hydrogen-bond acceptors (Lipinski definition) is 4. The number of hydrogen-bond donors (Lipinski definition) is 1. The number of aromatic nitrogens is 2. The summed E-state index contributed by atoms with van der Waals surface area (Å²) in [6.45, 7) is 4.81. The van der Waals surface area contributed by atoms with Crippen molar-refractivity contribution in [3.05, 3.63) is 99.2 Å². The minimum Gasteiger partial charge on any atom is -0.486 e. The molecule has 0 aliphatic carbocycles. The molecule has 0 radical (unpaired) electrons. The summed E-state index contributed by atoms with van der Waals surface area (Å²) in [4.78, 5) is 12.5. The lowest BCUT2D eigenvalue weighted by Crippen LogP contribution is -2.10. The van der Waals surface area contributed by atoms with Gasteiger partial charge >= 0.3 is 0 Å². The second kappa shape index (κ2) is 9.51. The maximum absolute atomic E-state index is 12.5. The van der Waals surface area contributed by atoms with Gasteiger partial charge in [0.2, 0.25) is 0 Å². The molecule has 2 aromatic carbocycles. The van der Waals surface area contributed by atoms with E-state index in [1.807, 2.05) is 38.1 Å². The van der Waals surface area contributed by atoms with Gasteiger partial charge in [0.15, 0.2) is 5.76 Å². The largest absolute Gasteiger partial charge is 0.486 e. The van der Waals surface area contributed by atoms with Crippen LogP contribution in [-0.2, 0) is 13.2 Å². The van der Waals surface area contributed by atoms with Crippen molar-refractivity contribution in [2.45, 2.75) is 27.0 Å². The normalized spacial score (nSPS) is 10.9. The number of furan rings is 1. The van der Waals surface area contributed by atoms with Gasteiger partial charge in [0.05, 0.1) is 28.5 Å². The number of rotatable bonds is 7. The molecule has 164 valence electrons. The number of amides is 1. The highest BCUT2D eigenvalue weighted by Crippen LogP contribution is 2.23. The first-order valence-electron chi connectivity index (χ1n) is 9.94. The van der Waals surface area contributed by atoms with Gasteiger partial charge in [0.25, 0.3) is 5.91 Å². The van der Waals surface area contributed by atoms with Crippen molar-refractivity contribution < 1.29 is 13.9 Å². The van der Waals surface area contributed by atoms with Gasteiger partial charge in [0, 0.05) is 6.20 Å². The Morgan fingerprint density at radius 1 is 1.06 bits per heavy atom. The SMILES string of the molecule is Cc1ccc(OCc2ccc(C(=O)Nc3cnn(Cc4ccc(Cl)c(Cl)c4)c3)o2)cc1C. The lowest BCUT2D eigenvalue weighted by molar-refractivity contribution is 0.0992. The summed E-state index contributed by atoms with van der Waals surface area (Å²) in [7, 11) is 0. The Balaban J connectivity index is 1.33. The van der Waals surface area contributed by atoms with Gasteiger partial charge in [-0.2, -0.15) is 5.10 Å². The van der Waals surface area contributed by atoms with Gasteiger partial charge in [-0.1, -0.05) is 35.3 Å². The van der Waals surface area contributed by atoms with Crippen molar-refractivity contribution >= 4 is 34.8 Å². The first-order valence-corrected chi connectivity index (χ1v) is 10.7. The molecule has 0 bridgehead atoms. The molecule has 0 atom stereocenters. The van der Waals surface area contributed by atoms with Crippen LogP contribution in [0.2, 0.25) is 10.0 Å². The molecule has 0 spiro atoms. The lowest BCUT2D eigenvalue weighted by atomic mass is 10.1. The molecular weight excluding hydrogens is 449 g/mol. The van der Waals surface area contributed by atoms with E-state index in [0.717, 1.165) is 16.9 Å². The molecule has 0 aliphatic rings. The van der Waals surface area contributed by atoms with E-state index in [2.05, 4.69) is 10.4 Å². The molecule has 0 aliphatic heterocycles. The van der Waals surface area contributed by atoms with Gasteiger partial charge in [-0.3, -0.25) is 9.48 Å². The number of nitrogens with zero attached hydrogens (tertiary/aromatic N) is 2. The third-order valence-electron chi connectivity index (χ3n) is 4.96. The van der Waals surface area contributed by atoms with Gasteiger partial charge < -0.3 is 14.5 Å². The van der Waals surface area contributed by atoms with Crippen LogP contribution in [0.25, 0.3) is 0 Å². The minimum atomic E-state index is -0.364. The molecule has 8 heteroatoms. The number of aryl methyl sites for hydroxylation is 2. The molecule has 6 nitrogen and oxygen atoms in total. The Labute approximate surface area is 195 Å². The lowest BCUT2D eigenvalue weighted by Gasteiger charge is -2.06. The van der Waals surface area contributed by atoms with Crippen LogP contribution in [0.3, 0.4) is 0 Å².